The van der Waals surface area contributed by atoms with E-state index < -0.39 is 12.1 Å². The van der Waals surface area contributed by atoms with Gasteiger partial charge in [-0.3, -0.25) is 9.59 Å². The molecule has 1 amide bonds. The number of carbonyl (C=O) groups excluding carboxylic acids is 1. The summed E-state index contributed by atoms with van der Waals surface area (Å²) in [5.41, 5.74) is 2.37. The van der Waals surface area contributed by atoms with Gasteiger partial charge in [-0.25, -0.2) is 4.98 Å². The molecule has 8 nitrogen and oxygen atoms in total. The Labute approximate surface area is 161 Å². The lowest BCUT2D eigenvalue weighted by Crippen LogP contribution is -2.23. The van der Waals surface area contributed by atoms with Gasteiger partial charge in [0.1, 0.15) is 18.5 Å². The van der Waals surface area contributed by atoms with Gasteiger partial charge >= 0.3 is 5.97 Å². The van der Waals surface area contributed by atoms with Crippen molar-refractivity contribution in [2.24, 2.45) is 0 Å². The number of aliphatic carboxylic acids is 1. The molecule has 0 aliphatic heterocycles. The zero-order valence-corrected chi connectivity index (χ0v) is 15.1. The Kier molecular flexibility index (Phi) is 6.23. The number of carboxylic acid groups (broad SMARTS) is 1. The topological polar surface area (TPSA) is 114 Å². The molecule has 3 N–H and O–H groups in total. The second-order valence-corrected chi connectivity index (χ2v) is 6.32. The number of imidazole rings is 1. The van der Waals surface area contributed by atoms with Crippen molar-refractivity contribution < 1.29 is 24.5 Å². The molecular formula is C20H21N3O5. The average Bonchev–Trinajstić information content (AvgIpc) is 3.09. The van der Waals surface area contributed by atoms with Crippen molar-refractivity contribution in [1.82, 2.24) is 9.55 Å². The molecule has 0 fully saturated rings. The monoisotopic (exact) mass is 383 g/mol. The summed E-state index contributed by atoms with van der Waals surface area (Å²) >= 11 is 0. The zero-order chi connectivity index (χ0) is 19.9. The summed E-state index contributed by atoms with van der Waals surface area (Å²) in [7, 11) is 0. The predicted octanol–water partition coefficient (Wildman–Crippen LogP) is 2.28. The Morgan fingerprint density at radius 3 is 2.61 bits per heavy atom. The van der Waals surface area contributed by atoms with Gasteiger partial charge in [0.25, 0.3) is 0 Å². The first kappa shape index (κ1) is 19.4. The minimum absolute atomic E-state index is 0.0806. The van der Waals surface area contributed by atoms with Gasteiger partial charge in [-0.15, -0.1) is 0 Å². The van der Waals surface area contributed by atoms with E-state index in [1.807, 2.05) is 28.8 Å². The van der Waals surface area contributed by atoms with Crippen LogP contribution in [-0.2, 0) is 16.1 Å². The minimum atomic E-state index is -1.01. The third kappa shape index (κ3) is 5.31. The molecule has 0 spiro atoms. The van der Waals surface area contributed by atoms with Crippen LogP contribution in [0.25, 0.3) is 11.0 Å². The normalized spacial score (nSPS) is 11.9. The number of carbonyl (C=O) groups is 2. The maximum atomic E-state index is 11.6. The molecule has 3 rings (SSSR count). The van der Waals surface area contributed by atoms with E-state index in [2.05, 4.69) is 10.3 Å². The maximum Gasteiger partial charge on any atom is 0.303 e. The molecule has 3 aromatic rings. The Morgan fingerprint density at radius 1 is 1.11 bits per heavy atom. The Morgan fingerprint density at radius 2 is 1.86 bits per heavy atom. The van der Waals surface area contributed by atoms with Crippen molar-refractivity contribution in [1.29, 1.82) is 0 Å². The summed E-state index contributed by atoms with van der Waals surface area (Å²) in [5, 5.41) is 21.4. The molecule has 0 bridgehead atoms. The molecule has 0 aliphatic carbocycles. The highest BCUT2D eigenvalue weighted by Gasteiger charge is 2.10. The second kappa shape index (κ2) is 9.01. The molecule has 0 saturated heterocycles. The van der Waals surface area contributed by atoms with Crippen LogP contribution in [0.2, 0.25) is 0 Å². The Hall–Kier alpha value is -3.39. The smallest absolute Gasteiger partial charge is 0.303 e. The van der Waals surface area contributed by atoms with Crippen LogP contribution in [0.15, 0.2) is 54.9 Å². The van der Waals surface area contributed by atoms with Crippen molar-refractivity contribution in [3.63, 3.8) is 0 Å². The van der Waals surface area contributed by atoms with Gasteiger partial charge in [0.05, 0.1) is 30.3 Å². The number of aromatic nitrogens is 2. The third-order valence-electron chi connectivity index (χ3n) is 4.08. The standard InChI is InChI=1S/C20H21N3O5/c24-15(11-23-13-21-17-3-1-2-4-18(17)23)12-28-16-7-5-14(6-8-16)22-19(25)9-10-20(26)27/h1-8,13,15,24H,9-12H2,(H,22,25)(H,26,27). The SMILES string of the molecule is O=C(O)CCC(=O)Nc1ccc(OCC(O)Cn2cnc3ccccc32)cc1. The van der Waals surface area contributed by atoms with Gasteiger partial charge in [-0.05, 0) is 36.4 Å². The number of rotatable bonds is 9. The number of nitrogens with one attached hydrogen (secondary N) is 1. The number of anilines is 1. The number of hydrogen-bond acceptors (Lipinski definition) is 5. The molecular weight excluding hydrogens is 362 g/mol. The number of benzene rings is 2. The van der Waals surface area contributed by atoms with E-state index in [1.165, 1.54) is 0 Å². The van der Waals surface area contributed by atoms with E-state index in [4.69, 9.17) is 9.84 Å². The van der Waals surface area contributed by atoms with Gasteiger partial charge in [0.2, 0.25) is 5.91 Å². The minimum Gasteiger partial charge on any atom is -0.491 e. The van der Waals surface area contributed by atoms with E-state index in [1.54, 1.807) is 30.6 Å². The number of carboxylic acids is 1. The van der Waals surface area contributed by atoms with Crippen LogP contribution >= 0.6 is 0 Å². The van der Waals surface area contributed by atoms with E-state index in [-0.39, 0.29) is 25.4 Å². The van der Waals surface area contributed by atoms with Crippen LogP contribution in [-0.4, -0.2) is 44.4 Å². The van der Waals surface area contributed by atoms with Crippen LogP contribution < -0.4 is 10.1 Å². The number of amides is 1. The first-order valence-corrected chi connectivity index (χ1v) is 8.84. The van der Waals surface area contributed by atoms with Crippen molar-refractivity contribution in [3.8, 4) is 5.75 Å². The molecule has 1 atom stereocenters. The second-order valence-electron chi connectivity index (χ2n) is 6.32. The van der Waals surface area contributed by atoms with Gasteiger partial charge in [-0.2, -0.15) is 0 Å². The largest absolute Gasteiger partial charge is 0.491 e. The first-order valence-electron chi connectivity index (χ1n) is 8.84. The number of para-hydroxylation sites is 2. The van der Waals surface area contributed by atoms with Gasteiger partial charge in [-0.1, -0.05) is 12.1 Å². The fourth-order valence-corrected chi connectivity index (χ4v) is 2.71. The summed E-state index contributed by atoms with van der Waals surface area (Å²) in [4.78, 5) is 26.4. The maximum absolute atomic E-state index is 11.6. The van der Waals surface area contributed by atoms with Crippen LogP contribution in [0.1, 0.15) is 12.8 Å². The fraction of sp³-hybridized carbons (Fsp3) is 0.250. The highest BCUT2D eigenvalue weighted by Crippen LogP contribution is 2.17. The summed E-state index contributed by atoms with van der Waals surface area (Å²) in [6.07, 6.45) is 0.684. The van der Waals surface area contributed by atoms with Crippen molar-refractivity contribution in [3.05, 3.63) is 54.9 Å². The molecule has 0 saturated carbocycles. The lowest BCUT2D eigenvalue weighted by molar-refractivity contribution is -0.138. The lowest BCUT2D eigenvalue weighted by atomic mass is 10.2. The summed E-state index contributed by atoms with van der Waals surface area (Å²) in [5.74, 6) is -0.821. The van der Waals surface area contributed by atoms with Crippen LogP contribution in [0.4, 0.5) is 5.69 Å². The van der Waals surface area contributed by atoms with Crippen LogP contribution in [0.5, 0.6) is 5.75 Å². The van der Waals surface area contributed by atoms with E-state index in [0.29, 0.717) is 18.0 Å². The van der Waals surface area contributed by atoms with Crippen molar-refractivity contribution in [2.45, 2.75) is 25.5 Å². The number of nitrogens with zero attached hydrogens (tertiary/aromatic N) is 2. The number of aliphatic hydroxyl groups excluding tert-OH is 1. The molecule has 2 aromatic carbocycles. The first-order chi connectivity index (χ1) is 13.5. The molecule has 0 aliphatic rings. The highest BCUT2D eigenvalue weighted by atomic mass is 16.5. The fourth-order valence-electron chi connectivity index (χ4n) is 2.71. The summed E-state index contributed by atoms with van der Waals surface area (Å²) in [6, 6.07) is 14.4. The average molecular weight is 383 g/mol. The highest BCUT2D eigenvalue weighted by molar-refractivity contribution is 5.92. The number of aliphatic hydroxyl groups is 1. The molecule has 1 unspecified atom stereocenters. The van der Waals surface area contributed by atoms with E-state index >= 15 is 0 Å². The van der Waals surface area contributed by atoms with Gasteiger partial charge < -0.3 is 24.8 Å². The third-order valence-corrected chi connectivity index (χ3v) is 4.08. The number of ether oxygens (including phenoxy) is 1. The summed E-state index contributed by atoms with van der Waals surface area (Å²) < 4.78 is 7.47. The van der Waals surface area contributed by atoms with E-state index in [0.717, 1.165) is 11.0 Å². The van der Waals surface area contributed by atoms with Crippen LogP contribution in [0, 0.1) is 0 Å². The lowest BCUT2D eigenvalue weighted by Gasteiger charge is -2.14. The Bertz CT molecular complexity index is 952. The van der Waals surface area contributed by atoms with Crippen LogP contribution in [0.3, 0.4) is 0 Å². The predicted molar refractivity (Wildman–Crippen MR) is 103 cm³/mol. The summed E-state index contributed by atoms with van der Waals surface area (Å²) in [6.45, 7) is 0.467. The number of fused-ring (bicyclic) bond motifs is 1. The van der Waals surface area contributed by atoms with E-state index in [9.17, 15) is 14.7 Å². The Balaban J connectivity index is 1.47. The molecule has 1 aromatic heterocycles. The van der Waals surface area contributed by atoms with Crippen molar-refractivity contribution >= 4 is 28.6 Å². The molecule has 146 valence electrons. The molecule has 8 heteroatoms. The molecule has 1 heterocycles. The molecule has 0 radical (unpaired) electrons. The quantitative estimate of drug-likeness (QED) is 0.522. The van der Waals surface area contributed by atoms with Crippen molar-refractivity contribution in [2.75, 3.05) is 11.9 Å². The van der Waals surface area contributed by atoms with Gasteiger partial charge in [0, 0.05) is 12.1 Å². The number of hydrogen-bond donors (Lipinski definition) is 3. The zero-order valence-electron chi connectivity index (χ0n) is 15.1. The van der Waals surface area contributed by atoms with Gasteiger partial charge in [0.15, 0.2) is 0 Å². The molecule has 28 heavy (non-hydrogen) atoms.